The fourth-order valence-corrected chi connectivity index (χ4v) is 10.5. The Morgan fingerprint density at radius 2 is 0.810 bits per heavy atom. The van der Waals surface area contributed by atoms with Crippen molar-refractivity contribution in [3.05, 3.63) is 247 Å². The Kier molecular flexibility index (Phi) is 7.82. The quantitative estimate of drug-likeness (QED) is 0.174. The standard InChI is InChI=1S/C60H37N3/c1-3-15-39(16-4-1)54-37-55(63-59(62-54)41-17-5-2-6-18-41)45-34-33-43-35-42(31-32-44(43)36-45)38-27-29-40(30-28-38)58-56-48-21-9-13-25-52(48)60(57(56)49-22-10-14-26-53(49)61-58)50-23-11-7-19-46(50)47-20-8-12-24-51(47)60/h1-37H. The Bertz CT molecular complexity index is 3510. The first-order valence-corrected chi connectivity index (χ1v) is 21.6. The number of fused-ring (bicyclic) bond motifs is 13. The maximum Gasteiger partial charge on any atom is 0.160 e. The molecule has 0 amide bonds. The van der Waals surface area contributed by atoms with Gasteiger partial charge in [0.2, 0.25) is 0 Å². The molecule has 13 rings (SSSR count). The lowest BCUT2D eigenvalue weighted by atomic mass is 9.69. The average molecular weight is 800 g/mol. The molecule has 0 aliphatic heterocycles. The van der Waals surface area contributed by atoms with Gasteiger partial charge in [0.15, 0.2) is 5.82 Å². The highest BCUT2D eigenvalue weighted by Gasteiger charge is 2.53. The summed E-state index contributed by atoms with van der Waals surface area (Å²) in [5.41, 5.74) is 20.3. The van der Waals surface area contributed by atoms with E-state index in [1.807, 2.05) is 24.3 Å². The first kappa shape index (κ1) is 35.5. The molecule has 2 aromatic heterocycles. The van der Waals surface area contributed by atoms with Crippen LogP contribution in [0.25, 0.3) is 100 Å². The van der Waals surface area contributed by atoms with E-state index in [2.05, 4.69) is 200 Å². The van der Waals surface area contributed by atoms with Crippen LogP contribution in [0.3, 0.4) is 0 Å². The molecule has 9 aromatic carbocycles. The molecule has 1 spiro atoms. The summed E-state index contributed by atoms with van der Waals surface area (Å²) < 4.78 is 0. The normalized spacial score (nSPS) is 12.9. The number of benzene rings is 9. The van der Waals surface area contributed by atoms with Gasteiger partial charge in [-0.15, -0.1) is 0 Å². The van der Waals surface area contributed by atoms with Gasteiger partial charge in [0.25, 0.3) is 0 Å². The van der Waals surface area contributed by atoms with Gasteiger partial charge in [0, 0.05) is 33.2 Å². The number of rotatable bonds is 5. The SMILES string of the molecule is c1ccc(-c2cc(-c3ccc4cc(-c5ccc(-c6nc7ccccc7c7c6-c6ccccc6C76c7ccccc7-c7ccccc76)cc5)ccc4c3)nc(-c3ccccc3)n2)cc1. The Hall–Kier alpha value is -8.27. The molecule has 11 aromatic rings. The van der Waals surface area contributed by atoms with E-state index in [-0.39, 0.29) is 0 Å². The van der Waals surface area contributed by atoms with Gasteiger partial charge in [-0.3, -0.25) is 0 Å². The van der Waals surface area contributed by atoms with Crippen LogP contribution in [0, 0.1) is 0 Å². The average Bonchev–Trinajstić information content (AvgIpc) is 3.84. The van der Waals surface area contributed by atoms with E-state index in [0.29, 0.717) is 5.82 Å². The lowest BCUT2D eigenvalue weighted by Gasteiger charge is -2.31. The van der Waals surface area contributed by atoms with Gasteiger partial charge in [-0.05, 0) is 85.1 Å². The third-order valence-corrected chi connectivity index (χ3v) is 13.3. The number of pyridine rings is 1. The Labute approximate surface area is 365 Å². The second-order valence-electron chi connectivity index (χ2n) is 16.7. The van der Waals surface area contributed by atoms with Crippen LogP contribution in [-0.4, -0.2) is 15.0 Å². The number of para-hydroxylation sites is 1. The highest BCUT2D eigenvalue weighted by molar-refractivity contribution is 6.06. The molecule has 292 valence electrons. The highest BCUT2D eigenvalue weighted by Crippen LogP contribution is 2.65. The van der Waals surface area contributed by atoms with Gasteiger partial charge in [-0.1, -0.05) is 200 Å². The van der Waals surface area contributed by atoms with Gasteiger partial charge in [0.05, 0.1) is 28.0 Å². The number of nitrogens with zero attached hydrogens (tertiary/aromatic N) is 3. The van der Waals surface area contributed by atoms with Crippen LogP contribution >= 0.6 is 0 Å². The summed E-state index contributed by atoms with van der Waals surface area (Å²) in [4.78, 5) is 15.6. The van der Waals surface area contributed by atoms with Gasteiger partial charge < -0.3 is 0 Å². The van der Waals surface area contributed by atoms with Crippen LogP contribution < -0.4 is 0 Å². The Morgan fingerprint density at radius 1 is 0.317 bits per heavy atom. The van der Waals surface area contributed by atoms with Crippen molar-refractivity contribution in [2.24, 2.45) is 0 Å². The molecular weight excluding hydrogens is 763 g/mol. The highest BCUT2D eigenvalue weighted by atomic mass is 14.9. The van der Waals surface area contributed by atoms with Gasteiger partial charge in [0.1, 0.15) is 0 Å². The lowest BCUT2D eigenvalue weighted by Crippen LogP contribution is -2.26. The van der Waals surface area contributed by atoms with Crippen LogP contribution in [0.4, 0.5) is 0 Å². The molecule has 0 bridgehead atoms. The molecular formula is C60H37N3. The van der Waals surface area contributed by atoms with Gasteiger partial charge in [-0.2, -0.15) is 0 Å². The minimum absolute atomic E-state index is 0.455. The van der Waals surface area contributed by atoms with Gasteiger partial charge >= 0.3 is 0 Å². The van der Waals surface area contributed by atoms with Crippen molar-refractivity contribution in [1.82, 2.24) is 15.0 Å². The molecule has 0 saturated heterocycles. The monoisotopic (exact) mass is 799 g/mol. The number of hydrogen-bond acceptors (Lipinski definition) is 3. The maximum absolute atomic E-state index is 5.50. The summed E-state index contributed by atoms with van der Waals surface area (Å²) >= 11 is 0. The molecule has 0 radical (unpaired) electrons. The Morgan fingerprint density at radius 3 is 1.49 bits per heavy atom. The van der Waals surface area contributed by atoms with Crippen LogP contribution in [0.2, 0.25) is 0 Å². The smallest absolute Gasteiger partial charge is 0.160 e. The van der Waals surface area contributed by atoms with Crippen molar-refractivity contribution >= 4 is 21.7 Å². The van der Waals surface area contributed by atoms with Gasteiger partial charge in [-0.25, -0.2) is 15.0 Å². The fraction of sp³-hybridized carbons (Fsp3) is 0.0167. The molecule has 0 fully saturated rings. The minimum Gasteiger partial charge on any atom is -0.247 e. The summed E-state index contributed by atoms with van der Waals surface area (Å²) in [5.74, 6) is 0.715. The van der Waals surface area contributed by atoms with Crippen LogP contribution in [0.5, 0.6) is 0 Å². The zero-order chi connectivity index (χ0) is 41.5. The zero-order valence-corrected chi connectivity index (χ0v) is 34.2. The zero-order valence-electron chi connectivity index (χ0n) is 34.2. The third-order valence-electron chi connectivity index (χ3n) is 13.3. The summed E-state index contributed by atoms with van der Waals surface area (Å²) in [7, 11) is 0. The predicted octanol–water partition coefficient (Wildman–Crippen LogP) is 14.9. The first-order valence-electron chi connectivity index (χ1n) is 21.6. The molecule has 3 nitrogen and oxygen atoms in total. The van der Waals surface area contributed by atoms with Crippen molar-refractivity contribution in [2.45, 2.75) is 5.41 Å². The van der Waals surface area contributed by atoms with Crippen LogP contribution in [0.15, 0.2) is 224 Å². The van der Waals surface area contributed by atoms with E-state index in [1.165, 1.54) is 60.8 Å². The van der Waals surface area contributed by atoms with E-state index < -0.39 is 5.41 Å². The molecule has 63 heavy (non-hydrogen) atoms. The van der Waals surface area contributed by atoms with E-state index in [9.17, 15) is 0 Å². The van der Waals surface area contributed by atoms with E-state index in [0.717, 1.165) is 55.8 Å². The number of aromatic nitrogens is 3. The topological polar surface area (TPSA) is 38.7 Å². The Balaban J connectivity index is 0.907. The van der Waals surface area contributed by atoms with Crippen molar-refractivity contribution < 1.29 is 0 Å². The summed E-state index contributed by atoms with van der Waals surface area (Å²) in [6.07, 6.45) is 0. The summed E-state index contributed by atoms with van der Waals surface area (Å²) in [5, 5.41) is 3.53. The molecule has 0 N–H and O–H groups in total. The largest absolute Gasteiger partial charge is 0.247 e. The van der Waals surface area contributed by atoms with Crippen molar-refractivity contribution in [1.29, 1.82) is 0 Å². The first-order chi connectivity index (χ1) is 31.2. The number of hydrogen-bond donors (Lipinski definition) is 0. The van der Waals surface area contributed by atoms with Crippen LogP contribution in [-0.2, 0) is 5.41 Å². The molecule has 2 aliphatic rings. The third kappa shape index (κ3) is 5.36. The van der Waals surface area contributed by atoms with Crippen LogP contribution in [0.1, 0.15) is 22.3 Å². The predicted molar refractivity (Wildman–Crippen MR) is 258 cm³/mol. The fourth-order valence-electron chi connectivity index (χ4n) is 10.5. The molecule has 3 heteroatoms. The summed E-state index contributed by atoms with van der Waals surface area (Å²) in [6.45, 7) is 0. The molecule has 0 atom stereocenters. The second-order valence-corrected chi connectivity index (χ2v) is 16.7. The van der Waals surface area contributed by atoms with Crippen molar-refractivity contribution in [3.63, 3.8) is 0 Å². The van der Waals surface area contributed by atoms with E-state index >= 15 is 0 Å². The minimum atomic E-state index is -0.455. The molecule has 2 aliphatic carbocycles. The van der Waals surface area contributed by atoms with Crippen molar-refractivity contribution in [2.75, 3.05) is 0 Å². The molecule has 0 unspecified atom stereocenters. The maximum atomic E-state index is 5.50. The lowest BCUT2D eigenvalue weighted by molar-refractivity contribution is 0.801. The summed E-state index contributed by atoms with van der Waals surface area (Å²) in [6, 6.07) is 80.8. The van der Waals surface area contributed by atoms with Crippen molar-refractivity contribution in [3.8, 4) is 78.5 Å². The molecule has 2 heterocycles. The molecule has 0 saturated carbocycles. The van der Waals surface area contributed by atoms with E-state index in [1.54, 1.807) is 0 Å². The second kappa shape index (κ2) is 13.9. The van der Waals surface area contributed by atoms with E-state index in [4.69, 9.17) is 15.0 Å².